The fraction of sp³-hybridized carbons (Fsp3) is 0.250. The summed E-state index contributed by atoms with van der Waals surface area (Å²) < 4.78 is 0. The highest BCUT2D eigenvalue weighted by Gasteiger charge is 2.51. The Balaban J connectivity index is 1.69. The second-order valence-electron chi connectivity index (χ2n) is 3.83. The molecule has 76 valence electrons. The minimum Gasteiger partial charge on any atom is -0.273 e. The molecule has 1 amide bonds. The monoisotopic (exact) mass is 200 g/mol. The van der Waals surface area contributed by atoms with Crippen LogP contribution in [0.15, 0.2) is 36.4 Å². The lowest BCUT2D eigenvalue weighted by Crippen LogP contribution is -2.09. The average molecular weight is 200 g/mol. The number of rotatable bonds is 2. The van der Waals surface area contributed by atoms with Crippen LogP contribution in [0.3, 0.4) is 0 Å². The molecule has 2 fully saturated rings. The van der Waals surface area contributed by atoms with Gasteiger partial charge in [0.2, 0.25) is 5.91 Å². The molecule has 1 aromatic carbocycles. The molecule has 2 heterocycles. The maximum Gasteiger partial charge on any atom is 0.240 e. The highest BCUT2D eigenvalue weighted by molar-refractivity contribution is 5.81. The van der Waals surface area contributed by atoms with Gasteiger partial charge in [0, 0.05) is 13.0 Å². The number of amides is 1. The molecular weight excluding hydrogens is 188 g/mol. The molecule has 0 saturated carbocycles. The Morgan fingerprint density at radius 3 is 2.73 bits per heavy atom. The van der Waals surface area contributed by atoms with Crippen LogP contribution < -0.4 is 0 Å². The maximum absolute atomic E-state index is 11.3. The summed E-state index contributed by atoms with van der Waals surface area (Å²) in [4.78, 5) is 11.3. The number of benzene rings is 1. The van der Waals surface area contributed by atoms with E-state index in [1.807, 2.05) is 23.2 Å². The van der Waals surface area contributed by atoms with Gasteiger partial charge in [-0.2, -0.15) is 5.01 Å². The molecule has 2 unspecified atom stereocenters. The Morgan fingerprint density at radius 2 is 2.07 bits per heavy atom. The lowest BCUT2D eigenvalue weighted by Gasteiger charge is -1.93. The molecule has 3 nitrogen and oxygen atoms in total. The number of carbonyl (C=O) groups is 1. The van der Waals surface area contributed by atoms with Crippen molar-refractivity contribution in [3.8, 4) is 0 Å². The van der Waals surface area contributed by atoms with Crippen molar-refractivity contribution in [1.82, 2.24) is 10.0 Å². The van der Waals surface area contributed by atoms with Crippen LogP contribution in [-0.4, -0.2) is 28.6 Å². The number of carbonyl (C=O) groups excluding carboxylic acids is 1. The van der Waals surface area contributed by atoms with Crippen molar-refractivity contribution in [3.63, 3.8) is 0 Å². The molecule has 15 heavy (non-hydrogen) atoms. The van der Waals surface area contributed by atoms with Crippen LogP contribution in [0.4, 0.5) is 0 Å². The first-order chi connectivity index (χ1) is 7.36. The minimum atomic E-state index is 0.214. The van der Waals surface area contributed by atoms with Gasteiger partial charge in [0.15, 0.2) is 0 Å². The maximum atomic E-state index is 11.3. The van der Waals surface area contributed by atoms with E-state index in [0.29, 0.717) is 6.42 Å². The molecule has 0 N–H and O–H groups in total. The van der Waals surface area contributed by atoms with Gasteiger partial charge in [-0.3, -0.25) is 4.79 Å². The predicted octanol–water partition coefficient (Wildman–Crippen LogP) is 1.49. The lowest BCUT2D eigenvalue weighted by atomic mass is 10.2. The minimum absolute atomic E-state index is 0.214. The SMILES string of the molecule is O=C1CCN2C(C=Cc3ccccc3)N12. The first-order valence-corrected chi connectivity index (χ1v) is 5.18. The Kier molecular flexibility index (Phi) is 1.86. The van der Waals surface area contributed by atoms with E-state index < -0.39 is 0 Å². The van der Waals surface area contributed by atoms with Crippen LogP contribution in [-0.2, 0) is 4.79 Å². The summed E-state index contributed by atoms with van der Waals surface area (Å²) in [6.45, 7) is 0.878. The highest BCUT2D eigenvalue weighted by atomic mass is 16.2. The van der Waals surface area contributed by atoms with Gasteiger partial charge in [-0.05, 0) is 11.6 Å². The molecule has 3 rings (SSSR count). The molecule has 2 atom stereocenters. The van der Waals surface area contributed by atoms with Crippen molar-refractivity contribution in [2.45, 2.75) is 12.6 Å². The van der Waals surface area contributed by atoms with Gasteiger partial charge in [0.25, 0.3) is 0 Å². The summed E-state index contributed by atoms with van der Waals surface area (Å²) in [6, 6.07) is 10.1. The van der Waals surface area contributed by atoms with Crippen molar-refractivity contribution in [2.24, 2.45) is 0 Å². The summed E-state index contributed by atoms with van der Waals surface area (Å²) >= 11 is 0. The summed E-state index contributed by atoms with van der Waals surface area (Å²) in [5.41, 5.74) is 1.18. The summed E-state index contributed by atoms with van der Waals surface area (Å²) in [5, 5.41) is 3.90. The molecule has 2 saturated heterocycles. The van der Waals surface area contributed by atoms with Crippen LogP contribution in [0.2, 0.25) is 0 Å². The van der Waals surface area contributed by atoms with Gasteiger partial charge in [0.1, 0.15) is 6.17 Å². The van der Waals surface area contributed by atoms with Gasteiger partial charge < -0.3 is 0 Å². The van der Waals surface area contributed by atoms with Crippen LogP contribution in [0.25, 0.3) is 6.08 Å². The third-order valence-corrected chi connectivity index (χ3v) is 2.85. The van der Waals surface area contributed by atoms with Gasteiger partial charge in [-0.15, -0.1) is 0 Å². The van der Waals surface area contributed by atoms with Crippen molar-refractivity contribution >= 4 is 12.0 Å². The first-order valence-electron chi connectivity index (χ1n) is 5.18. The van der Waals surface area contributed by atoms with Gasteiger partial charge >= 0.3 is 0 Å². The second kappa shape index (κ2) is 3.21. The third-order valence-electron chi connectivity index (χ3n) is 2.85. The molecule has 0 bridgehead atoms. The number of hydrogen-bond acceptors (Lipinski definition) is 2. The topological polar surface area (TPSA) is 23.1 Å². The number of nitrogens with zero attached hydrogens (tertiary/aromatic N) is 2. The van der Waals surface area contributed by atoms with Gasteiger partial charge in [-0.25, -0.2) is 5.01 Å². The van der Waals surface area contributed by atoms with E-state index in [0.717, 1.165) is 6.54 Å². The van der Waals surface area contributed by atoms with E-state index in [9.17, 15) is 4.79 Å². The smallest absolute Gasteiger partial charge is 0.240 e. The van der Waals surface area contributed by atoms with Crippen molar-refractivity contribution < 1.29 is 4.79 Å². The van der Waals surface area contributed by atoms with E-state index >= 15 is 0 Å². The van der Waals surface area contributed by atoms with Crippen LogP contribution in [0.5, 0.6) is 0 Å². The van der Waals surface area contributed by atoms with Crippen LogP contribution in [0, 0.1) is 0 Å². The van der Waals surface area contributed by atoms with Crippen molar-refractivity contribution in [3.05, 3.63) is 42.0 Å². The fourth-order valence-corrected chi connectivity index (χ4v) is 2.02. The molecule has 0 aromatic heterocycles. The summed E-state index contributed by atoms with van der Waals surface area (Å²) in [7, 11) is 0. The van der Waals surface area contributed by atoms with E-state index in [4.69, 9.17) is 0 Å². The Bertz CT molecular complexity index is 413. The van der Waals surface area contributed by atoms with E-state index in [-0.39, 0.29) is 12.1 Å². The number of hydrogen-bond donors (Lipinski definition) is 0. The normalized spacial score (nSPS) is 28.5. The molecule has 0 radical (unpaired) electrons. The number of hydrazine groups is 1. The van der Waals surface area contributed by atoms with Crippen molar-refractivity contribution in [2.75, 3.05) is 6.54 Å². The zero-order valence-corrected chi connectivity index (χ0v) is 8.34. The quantitative estimate of drug-likeness (QED) is 0.675. The van der Waals surface area contributed by atoms with E-state index in [1.54, 1.807) is 0 Å². The van der Waals surface area contributed by atoms with Gasteiger partial charge in [-0.1, -0.05) is 36.4 Å². The standard InChI is InChI=1S/C12H12N2O/c15-12-8-9-13-11(14(12)13)7-6-10-4-2-1-3-5-10/h1-7,11H,8-9H2. The summed E-state index contributed by atoms with van der Waals surface area (Å²) in [6.07, 6.45) is 5.03. The zero-order valence-electron chi connectivity index (χ0n) is 8.34. The van der Waals surface area contributed by atoms with Crippen LogP contribution >= 0.6 is 0 Å². The van der Waals surface area contributed by atoms with Gasteiger partial charge in [0.05, 0.1) is 0 Å². The number of fused-ring (bicyclic) bond motifs is 1. The fourth-order valence-electron chi connectivity index (χ4n) is 2.02. The first kappa shape index (κ1) is 8.68. The Hall–Kier alpha value is -1.61. The molecule has 0 spiro atoms. The molecule has 1 aromatic rings. The molecule has 3 heteroatoms. The second-order valence-corrected chi connectivity index (χ2v) is 3.83. The Labute approximate surface area is 88.6 Å². The van der Waals surface area contributed by atoms with Crippen LogP contribution in [0.1, 0.15) is 12.0 Å². The average Bonchev–Trinajstić information content (AvgIpc) is 2.85. The predicted molar refractivity (Wildman–Crippen MR) is 57.4 cm³/mol. The molecule has 0 aliphatic carbocycles. The van der Waals surface area contributed by atoms with E-state index in [2.05, 4.69) is 29.3 Å². The molecule has 2 aliphatic rings. The Morgan fingerprint density at radius 1 is 1.27 bits per heavy atom. The van der Waals surface area contributed by atoms with Crippen molar-refractivity contribution in [1.29, 1.82) is 0 Å². The zero-order chi connectivity index (χ0) is 10.3. The highest BCUT2D eigenvalue weighted by Crippen LogP contribution is 2.34. The molecular formula is C12H12N2O. The van der Waals surface area contributed by atoms with E-state index in [1.165, 1.54) is 5.56 Å². The lowest BCUT2D eigenvalue weighted by molar-refractivity contribution is -0.125. The largest absolute Gasteiger partial charge is 0.273 e. The summed E-state index contributed by atoms with van der Waals surface area (Å²) in [5.74, 6) is 0.248. The molecule has 2 aliphatic heterocycles. The third kappa shape index (κ3) is 1.45.